The molecule has 144 valence electrons. The molecule has 7 heteroatoms. The topological polar surface area (TPSA) is 75.4 Å². The van der Waals surface area contributed by atoms with Gasteiger partial charge in [-0.2, -0.15) is 0 Å². The number of fused-ring (bicyclic) bond motifs is 2. The normalized spacial score (nSPS) is 21.6. The molecule has 4 rings (SSSR count). The summed E-state index contributed by atoms with van der Waals surface area (Å²) >= 11 is 0. The Labute approximate surface area is 159 Å². The van der Waals surface area contributed by atoms with Gasteiger partial charge in [0.1, 0.15) is 11.3 Å². The van der Waals surface area contributed by atoms with Crippen molar-refractivity contribution in [2.24, 2.45) is 0 Å². The first-order valence-electron chi connectivity index (χ1n) is 9.73. The molecule has 1 unspecified atom stereocenters. The molecule has 1 atom stereocenters. The number of carbonyl (C=O) groups excluding carboxylic acids is 1. The minimum atomic E-state index is -0.0611. The summed E-state index contributed by atoms with van der Waals surface area (Å²) in [4.78, 5) is 26.5. The molecule has 1 fully saturated rings. The maximum Gasteiger partial charge on any atom is 0.259 e. The highest BCUT2D eigenvalue weighted by Gasteiger charge is 2.45. The lowest BCUT2D eigenvalue weighted by Crippen LogP contribution is -2.48. The molecule has 1 saturated heterocycles. The molecule has 2 aliphatic rings. The van der Waals surface area contributed by atoms with Gasteiger partial charge < -0.3 is 14.3 Å². The number of nitrogens with zero attached hydrogens (tertiary/aromatic N) is 5. The Morgan fingerprint density at radius 3 is 2.93 bits per heavy atom. The van der Waals surface area contributed by atoms with Crippen LogP contribution in [0.2, 0.25) is 0 Å². The van der Waals surface area contributed by atoms with Crippen LogP contribution in [0.4, 0.5) is 5.95 Å². The van der Waals surface area contributed by atoms with Crippen LogP contribution >= 0.6 is 0 Å². The van der Waals surface area contributed by atoms with Gasteiger partial charge in [0.05, 0.1) is 11.4 Å². The highest BCUT2D eigenvalue weighted by atomic mass is 16.5. The summed E-state index contributed by atoms with van der Waals surface area (Å²) in [5.41, 5.74) is 3.70. The molecular formula is C20H27N5O2. The van der Waals surface area contributed by atoms with Crippen molar-refractivity contribution in [3.8, 4) is 0 Å². The van der Waals surface area contributed by atoms with Crippen LogP contribution in [0.3, 0.4) is 0 Å². The maximum absolute atomic E-state index is 13.3. The third kappa shape index (κ3) is 2.89. The van der Waals surface area contributed by atoms with Crippen LogP contribution in [0.15, 0.2) is 10.7 Å². The molecule has 3 heterocycles. The summed E-state index contributed by atoms with van der Waals surface area (Å²) in [5, 5.41) is 4.06. The van der Waals surface area contributed by atoms with Gasteiger partial charge in [0.25, 0.3) is 5.91 Å². The monoisotopic (exact) mass is 369 g/mol. The molecule has 0 radical (unpaired) electrons. The van der Waals surface area contributed by atoms with Gasteiger partial charge in [0.15, 0.2) is 0 Å². The van der Waals surface area contributed by atoms with E-state index in [0.717, 1.165) is 49.6 Å². The fourth-order valence-electron chi connectivity index (χ4n) is 4.54. The number of hydrogen-bond donors (Lipinski definition) is 0. The average Bonchev–Trinajstić information content (AvgIpc) is 3.21. The van der Waals surface area contributed by atoms with Gasteiger partial charge in [-0.15, -0.1) is 0 Å². The third-order valence-electron chi connectivity index (χ3n) is 5.97. The van der Waals surface area contributed by atoms with Gasteiger partial charge in [-0.1, -0.05) is 12.1 Å². The molecule has 1 aliphatic carbocycles. The van der Waals surface area contributed by atoms with E-state index in [9.17, 15) is 4.79 Å². The zero-order valence-electron chi connectivity index (χ0n) is 16.6. The number of aryl methyl sites for hydroxylation is 3. The number of rotatable bonds is 3. The van der Waals surface area contributed by atoms with Crippen LogP contribution < -0.4 is 4.90 Å². The number of carbonyl (C=O) groups is 1. The van der Waals surface area contributed by atoms with E-state index < -0.39 is 0 Å². The number of aromatic nitrogens is 3. The molecule has 1 amide bonds. The highest BCUT2D eigenvalue weighted by Crippen LogP contribution is 2.44. The Morgan fingerprint density at radius 1 is 1.37 bits per heavy atom. The van der Waals surface area contributed by atoms with Crippen molar-refractivity contribution < 1.29 is 9.32 Å². The fraction of sp³-hybridized carbons (Fsp3) is 0.600. The predicted molar refractivity (Wildman–Crippen MR) is 102 cm³/mol. The number of likely N-dealkylation sites (tertiary alicyclic amines) is 1. The molecule has 0 N–H and O–H groups in total. The van der Waals surface area contributed by atoms with Crippen LogP contribution in [0, 0.1) is 6.92 Å². The fourth-order valence-corrected chi connectivity index (χ4v) is 4.54. The van der Waals surface area contributed by atoms with Crippen molar-refractivity contribution >= 4 is 11.9 Å². The second kappa shape index (κ2) is 6.62. The van der Waals surface area contributed by atoms with E-state index in [2.05, 4.69) is 10.1 Å². The largest absolute Gasteiger partial charge is 0.361 e. The van der Waals surface area contributed by atoms with Gasteiger partial charge in [0.2, 0.25) is 5.95 Å². The SMILES string of the molecule is CCc1noc(C)c1C(=O)N1CCCC2(CCc3cnc(N(C)C)nc32)C1. The summed E-state index contributed by atoms with van der Waals surface area (Å²) in [6.45, 7) is 5.30. The van der Waals surface area contributed by atoms with Gasteiger partial charge in [-0.05, 0) is 44.6 Å². The molecule has 1 spiro atoms. The lowest BCUT2D eigenvalue weighted by molar-refractivity contribution is 0.0630. The van der Waals surface area contributed by atoms with Crippen molar-refractivity contribution in [1.82, 2.24) is 20.0 Å². The highest BCUT2D eigenvalue weighted by molar-refractivity contribution is 5.96. The van der Waals surface area contributed by atoms with Crippen LogP contribution in [0.25, 0.3) is 0 Å². The first kappa shape index (κ1) is 17.9. The second-order valence-electron chi connectivity index (χ2n) is 7.96. The molecule has 0 saturated carbocycles. The van der Waals surface area contributed by atoms with Gasteiger partial charge in [-0.25, -0.2) is 9.97 Å². The minimum absolute atomic E-state index is 0.0417. The summed E-state index contributed by atoms with van der Waals surface area (Å²) < 4.78 is 5.29. The van der Waals surface area contributed by atoms with Crippen LogP contribution in [-0.2, 0) is 18.3 Å². The smallest absolute Gasteiger partial charge is 0.259 e. The van der Waals surface area contributed by atoms with E-state index in [1.54, 1.807) is 0 Å². The Hall–Kier alpha value is -2.44. The van der Waals surface area contributed by atoms with E-state index in [1.165, 1.54) is 5.56 Å². The molecule has 0 bridgehead atoms. The standard InChI is InChI=1S/C20H27N5O2/c1-5-15-16(13(2)27-23-15)18(26)25-10-6-8-20(12-25)9-7-14-11-21-19(24(3)4)22-17(14)20/h11H,5-10,12H2,1-4H3. The zero-order chi connectivity index (χ0) is 19.2. The Bertz CT molecular complexity index is 871. The van der Waals surface area contributed by atoms with E-state index in [-0.39, 0.29) is 11.3 Å². The first-order chi connectivity index (χ1) is 12.9. The van der Waals surface area contributed by atoms with Crippen molar-refractivity contribution in [3.05, 3.63) is 34.5 Å². The van der Waals surface area contributed by atoms with E-state index in [0.29, 0.717) is 24.3 Å². The molecule has 7 nitrogen and oxygen atoms in total. The number of piperidine rings is 1. The van der Waals surface area contributed by atoms with E-state index in [1.807, 2.05) is 43.9 Å². The van der Waals surface area contributed by atoms with Crippen LogP contribution in [0.1, 0.15) is 59.3 Å². The lowest BCUT2D eigenvalue weighted by Gasteiger charge is -2.40. The molecule has 2 aromatic heterocycles. The zero-order valence-corrected chi connectivity index (χ0v) is 16.6. The summed E-state index contributed by atoms with van der Waals surface area (Å²) in [6.07, 6.45) is 6.72. The van der Waals surface area contributed by atoms with E-state index >= 15 is 0 Å². The predicted octanol–water partition coefficient (Wildman–Crippen LogP) is 2.52. The van der Waals surface area contributed by atoms with Gasteiger partial charge in [0, 0.05) is 38.8 Å². The number of amides is 1. The molecule has 2 aromatic rings. The third-order valence-corrected chi connectivity index (χ3v) is 5.97. The Kier molecular flexibility index (Phi) is 4.40. The molecular weight excluding hydrogens is 342 g/mol. The molecule has 0 aromatic carbocycles. The van der Waals surface area contributed by atoms with Crippen molar-refractivity contribution in [3.63, 3.8) is 0 Å². The number of hydrogen-bond acceptors (Lipinski definition) is 6. The second-order valence-corrected chi connectivity index (χ2v) is 7.96. The molecule has 27 heavy (non-hydrogen) atoms. The Balaban J connectivity index is 1.66. The summed E-state index contributed by atoms with van der Waals surface area (Å²) in [6, 6.07) is 0. The Morgan fingerprint density at radius 2 is 2.19 bits per heavy atom. The summed E-state index contributed by atoms with van der Waals surface area (Å²) in [7, 11) is 3.92. The maximum atomic E-state index is 13.3. The number of anilines is 1. The average molecular weight is 369 g/mol. The van der Waals surface area contributed by atoms with E-state index in [4.69, 9.17) is 9.51 Å². The summed E-state index contributed by atoms with van der Waals surface area (Å²) in [5.74, 6) is 1.39. The van der Waals surface area contributed by atoms with Gasteiger partial charge in [-0.3, -0.25) is 4.79 Å². The quantitative estimate of drug-likeness (QED) is 0.828. The minimum Gasteiger partial charge on any atom is -0.361 e. The van der Waals surface area contributed by atoms with Gasteiger partial charge >= 0.3 is 0 Å². The molecule has 1 aliphatic heterocycles. The van der Waals surface area contributed by atoms with Crippen LogP contribution in [-0.4, -0.2) is 53.1 Å². The van der Waals surface area contributed by atoms with Crippen molar-refractivity contribution in [2.45, 2.75) is 51.4 Å². The first-order valence-corrected chi connectivity index (χ1v) is 9.73. The lowest BCUT2D eigenvalue weighted by atomic mass is 9.77. The van der Waals surface area contributed by atoms with Crippen LogP contribution in [0.5, 0.6) is 0 Å². The van der Waals surface area contributed by atoms with Crippen molar-refractivity contribution in [1.29, 1.82) is 0 Å². The van der Waals surface area contributed by atoms with Crippen molar-refractivity contribution in [2.75, 3.05) is 32.1 Å².